The molecule has 1 amide bonds. The van der Waals surface area contributed by atoms with E-state index in [-0.39, 0.29) is 11.4 Å². The smallest absolute Gasteiger partial charge is 0.255 e. The second-order valence-corrected chi connectivity index (χ2v) is 5.37. The molecule has 3 rings (SSSR count). The molecule has 0 atom stereocenters. The lowest BCUT2D eigenvalue weighted by atomic mass is 10.0. The Kier molecular flexibility index (Phi) is 4.75. The number of nitrogens with one attached hydrogen (secondary N) is 1. The summed E-state index contributed by atoms with van der Waals surface area (Å²) in [6, 6.07) is 17.3. The van der Waals surface area contributed by atoms with Crippen LogP contribution in [0.3, 0.4) is 0 Å². The zero-order chi connectivity index (χ0) is 17.8. The number of anilines is 1. The Morgan fingerprint density at radius 2 is 1.68 bits per heavy atom. The molecule has 0 heterocycles. The highest BCUT2D eigenvalue weighted by Gasteiger charge is 2.16. The third kappa shape index (κ3) is 3.66. The average Bonchev–Trinajstić information content (AvgIpc) is 2.64. The molecule has 25 heavy (non-hydrogen) atoms. The number of methoxy groups -OCH3 is 1. The van der Waals surface area contributed by atoms with Gasteiger partial charge in [0.05, 0.1) is 12.8 Å². The minimum atomic E-state index is -0.688. The van der Waals surface area contributed by atoms with Crippen molar-refractivity contribution in [2.24, 2.45) is 0 Å². The third-order valence-electron chi connectivity index (χ3n) is 3.70. The van der Waals surface area contributed by atoms with Gasteiger partial charge in [-0.2, -0.15) is 0 Å². The fraction of sp³-hybridized carbons (Fsp3) is 0.0500. The van der Waals surface area contributed by atoms with Gasteiger partial charge in [-0.25, -0.2) is 8.78 Å². The maximum atomic E-state index is 14.5. The fourth-order valence-electron chi connectivity index (χ4n) is 2.46. The molecule has 0 saturated carbocycles. The lowest BCUT2D eigenvalue weighted by Crippen LogP contribution is -2.13. The maximum absolute atomic E-state index is 14.5. The second kappa shape index (κ2) is 7.13. The number of rotatable bonds is 4. The highest BCUT2D eigenvalue weighted by molar-refractivity contribution is 6.04. The summed E-state index contributed by atoms with van der Waals surface area (Å²) in [7, 11) is 1.33. The molecule has 3 aromatic carbocycles. The number of ether oxygens (including phenoxy) is 1. The van der Waals surface area contributed by atoms with Gasteiger partial charge in [0, 0.05) is 5.56 Å². The Morgan fingerprint density at radius 1 is 0.920 bits per heavy atom. The maximum Gasteiger partial charge on any atom is 0.255 e. The number of halogens is 2. The number of amides is 1. The molecular weight excluding hydrogens is 324 g/mol. The van der Waals surface area contributed by atoms with E-state index in [1.165, 1.54) is 31.4 Å². The second-order valence-electron chi connectivity index (χ2n) is 5.37. The van der Waals surface area contributed by atoms with E-state index in [1.54, 1.807) is 42.5 Å². The molecule has 3 aromatic rings. The number of carbonyl (C=O) groups excluding carboxylic acids is 1. The molecule has 0 bridgehead atoms. The van der Waals surface area contributed by atoms with E-state index in [4.69, 9.17) is 4.74 Å². The normalized spacial score (nSPS) is 10.4. The van der Waals surface area contributed by atoms with Gasteiger partial charge in [0.1, 0.15) is 5.82 Å². The van der Waals surface area contributed by atoms with Crippen LogP contribution < -0.4 is 10.1 Å². The summed E-state index contributed by atoms with van der Waals surface area (Å²) in [4.78, 5) is 12.3. The van der Waals surface area contributed by atoms with Crippen LogP contribution in [0.25, 0.3) is 11.1 Å². The van der Waals surface area contributed by atoms with Crippen LogP contribution in [0.1, 0.15) is 10.4 Å². The molecule has 0 unspecified atom stereocenters. The fourth-order valence-corrected chi connectivity index (χ4v) is 2.46. The van der Waals surface area contributed by atoms with Crippen LogP contribution >= 0.6 is 0 Å². The molecule has 0 aliphatic heterocycles. The molecule has 0 radical (unpaired) electrons. The molecule has 0 aliphatic rings. The lowest BCUT2D eigenvalue weighted by molar-refractivity contribution is 0.102. The molecule has 1 N–H and O–H groups in total. The topological polar surface area (TPSA) is 38.3 Å². The van der Waals surface area contributed by atoms with Crippen molar-refractivity contribution in [2.75, 3.05) is 12.4 Å². The molecular formula is C20H15F2NO2. The summed E-state index contributed by atoms with van der Waals surface area (Å²) in [6.45, 7) is 0. The third-order valence-corrected chi connectivity index (χ3v) is 3.70. The van der Waals surface area contributed by atoms with Crippen molar-refractivity contribution in [3.05, 3.63) is 83.9 Å². The molecule has 0 spiro atoms. The number of benzene rings is 3. The predicted molar refractivity (Wildman–Crippen MR) is 92.7 cm³/mol. The minimum Gasteiger partial charge on any atom is -0.494 e. The van der Waals surface area contributed by atoms with E-state index in [0.29, 0.717) is 16.7 Å². The van der Waals surface area contributed by atoms with E-state index in [2.05, 4.69) is 5.32 Å². The molecule has 5 heteroatoms. The van der Waals surface area contributed by atoms with Gasteiger partial charge in [-0.15, -0.1) is 0 Å². The van der Waals surface area contributed by atoms with E-state index in [1.807, 2.05) is 0 Å². The van der Waals surface area contributed by atoms with Crippen molar-refractivity contribution < 1.29 is 18.3 Å². The lowest BCUT2D eigenvalue weighted by Gasteiger charge is -2.13. The van der Waals surface area contributed by atoms with Gasteiger partial charge in [0.2, 0.25) is 0 Å². The summed E-state index contributed by atoms with van der Waals surface area (Å²) in [5.41, 5.74) is 1.44. The molecule has 126 valence electrons. The number of hydrogen-bond acceptors (Lipinski definition) is 2. The highest BCUT2D eigenvalue weighted by atomic mass is 19.1. The van der Waals surface area contributed by atoms with Crippen LogP contribution in [0.15, 0.2) is 66.7 Å². The van der Waals surface area contributed by atoms with Crippen molar-refractivity contribution in [3.8, 4) is 16.9 Å². The van der Waals surface area contributed by atoms with Gasteiger partial charge in [-0.1, -0.05) is 30.3 Å². The summed E-state index contributed by atoms with van der Waals surface area (Å²) in [5, 5.41) is 2.54. The zero-order valence-corrected chi connectivity index (χ0v) is 13.4. The predicted octanol–water partition coefficient (Wildman–Crippen LogP) is 4.89. The number of hydrogen-bond donors (Lipinski definition) is 1. The summed E-state index contributed by atoms with van der Waals surface area (Å²) in [5.74, 6) is -1.58. The Labute approximate surface area is 143 Å². The Balaban J connectivity index is 2.01. The van der Waals surface area contributed by atoms with Crippen LogP contribution in [-0.4, -0.2) is 13.0 Å². The molecule has 0 aromatic heterocycles. The molecule has 0 aliphatic carbocycles. The first kappa shape index (κ1) is 16.6. The van der Waals surface area contributed by atoms with E-state index >= 15 is 0 Å². The minimum absolute atomic E-state index is 0.0348. The van der Waals surface area contributed by atoms with Crippen molar-refractivity contribution in [3.63, 3.8) is 0 Å². The van der Waals surface area contributed by atoms with Gasteiger partial charge >= 0.3 is 0 Å². The largest absolute Gasteiger partial charge is 0.494 e. The zero-order valence-electron chi connectivity index (χ0n) is 13.4. The SMILES string of the molecule is COc1cc(-c2cccc(F)c2)cc(NC(=O)c2ccccc2)c1F. The summed E-state index contributed by atoms with van der Waals surface area (Å²) in [6.07, 6.45) is 0. The molecule has 0 fully saturated rings. The van der Waals surface area contributed by atoms with Gasteiger partial charge < -0.3 is 10.1 Å². The standard InChI is InChI=1S/C20H15F2NO2/c1-25-18-12-15(14-8-5-9-16(21)10-14)11-17(19(18)22)23-20(24)13-6-3-2-4-7-13/h2-12H,1H3,(H,23,24). The van der Waals surface area contributed by atoms with Gasteiger partial charge in [0.15, 0.2) is 11.6 Å². The quantitative estimate of drug-likeness (QED) is 0.735. The van der Waals surface area contributed by atoms with Crippen molar-refractivity contribution in [2.45, 2.75) is 0 Å². The van der Waals surface area contributed by atoms with Crippen molar-refractivity contribution in [1.29, 1.82) is 0 Å². The van der Waals surface area contributed by atoms with Crippen LogP contribution in [-0.2, 0) is 0 Å². The average molecular weight is 339 g/mol. The van der Waals surface area contributed by atoms with Crippen molar-refractivity contribution in [1.82, 2.24) is 0 Å². The van der Waals surface area contributed by atoms with E-state index < -0.39 is 17.5 Å². The van der Waals surface area contributed by atoms with Crippen LogP contribution in [0.4, 0.5) is 14.5 Å². The molecule has 3 nitrogen and oxygen atoms in total. The van der Waals surface area contributed by atoms with Gasteiger partial charge in [-0.3, -0.25) is 4.79 Å². The first-order valence-corrected chi connectivity index (χ1v) is 7.58. The van der Waals surface area contributed by atoms with Crippen molar-refractivity contribution >= 4 is 11.6 Å². The Bertz CT molecular complexity index is 911. The Hall–Kier alpha value is -3.21. The van der Waals surface area contributed by atoms with Crippen LogP contribution in [0, 0.1) is 11.6 Å². The monoisotopic (exact) mass is 339 g/mol. The summed E-state index contributed by atoms with van der Waals surface area (Å²) < 4.78 is 33.0. The Morgan fingerprint density at radius 3 is 2.36 bits per heavy atom. The van der Waals surface area contributed by atoms with Gasteiger partial charge in [-0.05, 0) is 47.5 Å². The number of carbonyl (C=O) groups is 1. The highest BCUT2D eigenvalue weighted by Crippen LogP contribution is 2.32. The first-order valence-electron chi connectivity index (χ1n) is 7.58. The molecule has 0 saturated heterocycles. The summed E-state index contributed by atoms with van der Waals surface area (Å²) >= 11 is 0. The first-order chi connectivity index (χ1) is 12.1. The van der Waals surface area contributed by atoms with Gasteiger partial charge in [0.25, 0.3) is 5.91 Å². The van der Waals surface area contributed by atoms with E-state index in [9.17, 15) is 13.6 Å². The van der Waals surface area contributed by atoms with Crippen LogP contribution in [0.2, 0.25) is 0 Å². The van der Waals surface area contributed by atoms with Crippen LogP contribution in [0.5, 0.6) is 5.75 Å². The van der Waals surface area contributed by atoms with E-state index in [0.717, 1.165) is 0 Å².